The fourth-order valence-electron chi connectivity index (χ4n) is 3.05. The Hall–Kier alpha value is -1.83. The van der Waals surface area contributed by atoms with Crippen LogP contribution in [0, 0.1) is 5.92 Å². The molecule has 7 nitrogen and oxygen atoms in total. The topological polar surface area (TPSA) is 74.8 Å². The summed E-state index contributed by atoms with van der Waals surface area (Å²) in [5.41, 5.74) is 0. The highest BCUT2D eigenvalue weighted by Crippen LogP contribution is 2.32. The van der Waals surface area contributed by atoms with E-state index in [1.165, 1.54) is 11.3 Å². The van der Waals surface area contributed by atoms with Crippen LogP contribution in [0.1, 0.15) is 12.8 Å². The van der Waals surface area contributed by atoms with E-state index < -0.39 is 0 Å². The number of fused-ring (bicyclic) bond motifs is 1. The van der Waals surface area contributed by atoms with Gasteiger partial charge in [-0.3, -0.25) is 10.1 Å². The summed E-state index contributed by atoms with van der Waals surface area (Å²) in [5, 5.41) is 3.95. The summed E-state index contributed by atoms with van der Waals surface area (Å²) >= 11 is 1.28. The van der Waals surface area contributed by atoms with Crippen molar-refractivity contribution in [1.82, 2.24) is 14.8 Å². The number of anilines is 1. The summed E-state index contributed by atoms with van der Waals surface area (Å²) in [6, 6.07) is -0.220. The van der Waals surface area contributed by atoms with E-state index in [9.17, 15) is 9.59 Å². The third kappa shape index (κ3) is 2.55. The molecular weight excluding hydrogens is 292 g/mol. The molecule has 1 aromatic heterocycles. The fraction of sp³-hybridized carbons (Fsp3) is 0.615. The Kier molecular flexibility index (Phi) is 3.71. The van der Waals surface area contributed by atoms with Crippen molar-refractivity contribution in [2.45, 2.75) is 18.9 Å². The molecule has 21 heavy (non-hydrogen) atoms. The summed E-state index contributed by atoms with van der Waals surface area (Å²) in [4.78, 5) is 32.1. The third-order valence-electron chi connectivity index (χ3n) is 4.09. The number of nitrogens with zero attached hydrogens (tertiary/aromatic N) is 3. The van der Waals surface area contributed by atoms with Crippen molar-refractivity contribution < 1.29 is 14.3 Å². The van der Waals surface area contributed by atoms with Crippen LogP contribution in [0.2, 0.25) is 0 Å². The molecule has 2 fully saturated rings. The first-order chi connectivity index (χ1) is 10.1. The van der Waals surface area contributed by atoms with E-state index in [0.717, 1.165) is 12.8 Å². The number of methoxy groups -OCH3 is 1. The molecular formula is C13H18N4O3S. The van der Waals surface area contributed by atoms with E-state index in [1.54, 1.807) is 30.2 Å². The molecule has 3 heterocycles. The summed E-state index contributed by atoms with van der Waals surface area (Å²) in [6.45, 7) is 1.29. The lowest BCUT2D eigenvalue weighted by Crippen LogP contribution is -2.50. The highest BCUT2D eigenvalue weighted by Gasteiger charge is 2.45. The van der Waals surface area contributed by atoms with Gasteiger partial charge in [-0.05, 0) is 12.8 Å². The van der Waals surface area contributed by atoms with Crippen molar-refractivity contribution in [3.63, 3.8) is 0 Å². The quantitative estimate of drug-likeness (QED) is 0.892. The molecule has 2 saturated heterocycles. The van der Waals surface area contributed by atoms with Gasteiger partial charge >= 0.3 is 6.03 Å². The predicted molar refractivity (Wildman–Crippen MR) is 78.5 cm³/mol. The van der Waals surface area contributed by atoms with Crippen molar-refractivity contribution in [3.05, 3.63) is 6.20 Å². The first-order valence-corrected chi connectivity index (χ1v) is 7.74. The highest BCUT2D eigenvalue weighted by molar-refractivity contribution is 7.17. The number of rotatable bonds is 2. The minimum atomic E-state index is -0.190. The largest absolute Gasteiger partial charge is 0.486 e. The zero-order valence-corrected chi connectivity index (χ0v) is 12.9. The van der Waals surface area contributed by atoms with Crippen molar-refractivity contribution in [2.75, 3.05) is 32.6 Å². The summed E-state index contributed by atoms with van der Waals surface area (Å²) < 4.78 is 5.06. The maximum Gasteiger partial charge on any atom is 0.323 e. The second-order valence-corrected chi connectivity index (χ2v) is 6.34. The van der Waals surface area contributed by atoms with Crippen molar-refractivity contribution >= 4 is 28.4 Å². The first kappa shape index (κ1) is 14.1. The van der Waals surface area contributed by atoms with Gasteiger partial charge in [-0.2, -0.15) is 0 Å². The van der Waals surface area contributed by atoms with Gasteiger partial charge in [-0.1, -0.05) is 11.3 Å². The second kappa shape index (κ2) is 5.51. The second-order valence-electron chi connectivity index (χ2n) is 5.35. The molecule has 2 aliphatic rings. The summed E-state index contributed by atoms with van der Waals surface area (Å²) in [5.74, 6) is 0.0914. The molecule has 2 aliphatic heterocycles. The zero-order valence-electron chi connectivity index (χ0n) is 12.0. The van der Waals surface area contributed by atoms with Crippen LogP contribution in [-0.4, -0.2) is 60.0 Å². The molecule has 1 N–H and O–H groups in total. The molecule has 0 aromatic carbocycles. The molecule has 8 heteroatoms. The average molecular weight is 310 g/mol. The third-order valence-corrected chi connectivity index (χ3v) is 4.97. The van der Waals surface area contributed by atoms with Crippen LogP contribution in [0.3, 0.4) is 0 Å². The number of carbonyl (C=O) groups is 2. The van der Waals surface area contributed by atoms with Gasteiger partial charge in [0, 0.05) is 20.1 Å². The monoisotopic (exact) mass is 310 g/mol. The van der Waals surface area contributed by atoms with E-state index in [-0.39, 0.29) is 23.9 Å². The zero-order chi connectivity index (χ0) is 15.0. The molecule has 114 valence electrons. The lowest BCUT2D eigenvalue weighted by molar-refractivity contribution is -0.130. The van der Waals surface area contributed by atoms with Crippen LogP contribution in [0.5, 0.6) is 5.06 Å². The number of urea groups is 1. The molecule has 2 atom stereocenters. The maximum absolute atomic E-state index is 12.4. The number of aromatic nitrogens is 1. The van der Waals surface area contributed by atoms with Crippen LogP contribution >= 0.6 is 11.3 Å². The Bertz CT molecular complexity index is 561. The van der Waals surface area contributed by atoms with Gasteiger partial charge < -0.3 is 14.5 Å². The molecule has 0 spiro atoms. The van der Waals surface area contributed by atoms with E-state index >= 15 is 0 Å². The average Bonchev–Trinajstić information content (AvgIpc) is 3.04. The minimum Gasteiger partial charge on any atom is -0.486 e. The SMILES string of the molecule is COc1cnc(NC(=O)N2CCC[C@H]3C(=O)N(C)C[C@H]32)s1. The number of carbonyl (C=O) groups excluding carboxylic acids is 2. The molecule has 1 aromatic rings. The van der Waals surface area contributed by atoms with E-state index in [1.807, 2.05) is 0 Å². The van der Waals surface area contributed by atoms with Crippen molar-refractivity contribution in [2.24, 2.45) is 5.92 Å². The normalized spacial score (nSPS) is 25.0. The number of hydrogen-bond acceptors (Lipinski definition) is 5. The van der Waals surface area contributed by atoms with E-state index in [4.69, 9.17) is 4.74 Å². The smallest absolute Gasteiger partial charge is 0.323 e. The lowest BCUT2D eigenvalue weighted by atomic mass is 9.92. The minimum absolute atomic E-state index is 0.0295. The van der Waals surface area contributed by atoms with Gasteiger partial charge in [0.25, 0.3) is 0 Å². The molecule has 3 rings (SSSR count). The molecule has 3 amide bonds. The fourth-order valence-corrected chi connectivity index (χ4v) is 3.67. The van der Waals surface area contributed by atoms with Crippen LogP contribution in [0.25, 0.3) is 0 Å². The van der Waals surface area contributed by atoms with E-state index in [2.05, 4.69) is 10.3 Å². The Morgan fingerprint density at radius 1 is 1.57 bits per heavy atom. The van der Waals surface area contributed by atoms with Crippen LogP contribution in [0.15, 0.2) is 6.20 Å². The Morgan fingerprint density at radius 3 is 3.10 bits per heavy atom. The van der Waals surface area contributed by atoms with E-state index in [0.29, 0.717) is 23.3 Å². The number of likely N-dealkylation sites (tertiary alicyclic amines) is 2. The number of piperidine rings is 1. The lowest BCUT2D eigenvalue weighted by Gasteiger charge is -2.35. The molecule has 0 saturated carbocycles. The molecule has 0 bridgehead atoms. The number of amides is 3. The van der Waals surface area contributed by atoms with Gasteiger partial charge in [0.05, 0.1) is 25.3 Å². The number of thiazole rings is 1. The van der Waals surface area contributed by atoms with Crippen molar-refractivity contribution in [3.8, 4) is 5.06 Å². The molecule has 0 unspecified atom stereocenters. The van der Waals surface area contributed by atoms with Crippen LogP contribution < -0.4 is 10.1 Å². The van der Waals surface area contributed by atoms with Gasteiger partial charge in [0.15, 0.2) is 10.2 Å². The van der Waals surface area contributed by atoms with Crippen LogP contribution in [0.4, 0.5) is 9.93 Å². The van der Waals surface area contributed by atoms with Gasteiger partial charge in [0.1, 0.15) is 0 Å². The summed E-state index contributed by atoms with van der Waals surface area (Å²) in [6.07, 6.45) is 3.30. The number of likely N-dealkylation sites (N-methyl/N-ethyl adjacent to an activating group) is 1. The standard InChI is InChI=1S/C13H18N4O3S/c1-16-7-9-8(11(16)18)4-3-5-17(9)13(19)15-12-14-6-10(20-2)21-12/h6,8-9H,3-5,7H2,1-2H3,(H,14,15,19)/t8-,9-/m1/s1. The van der Waals surface area contributed by atoms with Crippen LogP contribution in [-0.2, 0) is 4.79 Å². The maximum atomic E-state index is 12.4. The summed E-state index contributed by atoms with van der Waals surface area (Å²) in [7, 11) is 3.36. The highest BCUT2D eigenvalue weighted by atomic mass is 32.1. The molecule has 0 radical (unpaired) electrons. The Labute approximate surface area is 126 Å². The number of hydrogen-bond donors (Lipinski definition) is 1. The number of ether oxygens (including phenoxy) is 1. The Balaban J connectivity index is 1.70. The van der Waals surface area contributed by atoms with Crippen molar-refractivity contribution in [1.29, 1.82) is 0 Å². The predicted octanol–water partition coefficient (Wildman–Crippen LogP) is 1.24. The van der Waals surface area contributed by atoms with Gasteiger partial charge in [-0.15, -0.1) is 0 Å². The van der Waals surface area contributed by atoms with Gasteiger partial charge in [0.2, 0.25) is 5.91 Å². The number of nitrogens with one attached hydrogen (secondary N) is 1. The first-order valence-electron chi connectivity index (χ1n) is 6.92. The molecule has 0 aliphatic carbocycles. The Morgan fingerprint density at radius 2 is 2.38 bits per heavy atom. The van der Waals surface area contributed by atoms with Gasteiger partial charge in [-0.25, -0.2) is 9.78 Å².